The van der Waals surface area contributed by atoms with Crippen LogP contribution in [0, 0.1) is 11.8 Å². The van der Waals surface area contributed by atoms with Crippen molar-refractivity contribution in [3.05, 3.63) is 54.4 Å². The lowest BCUT2D eigenvalue weighted by atomic mass is 9.81. The average Bonchev–Trinajstić information content (AvgIpc) is 3.36. The molecule has 33 heavy (non-hydrogen) atoms. The van der Waals surface area contributed by atoms with Crippen LogP contribution in [0.25, 0.3) is 10.9 Å². The van der Waals surface area contributed by atoms with Crippen LogP contribution in [-0.2, 0) is 11.2 Å². The lowest BCUT2D eigenvalue weighted by molar-refractivity contribution is -0.146. The molecule has 4 rings (SSSR count). The van der Waals surface area contributed by atoms with E-state index in [0.717, 1.165) is 72.7 Å². The molecule has 0 spiro atoms. The fourth-order valence-electron chi connectivity index (χ4n) is 4.78. The van der Waals surface area contributed by atoms with Gasteiger partial charge in [-0.3, -0.25) is 9.78 Å². The van der Waals surface area contributed by atoms with Crippen LogP contribution >= 0.6 is 11.8 Å². The molecule has 1 saturated heterocycles. The zero-order valence-corrected chi connectivity index (χ0v) is 19.9. The van der Waals surface area contributed by atoms with Gasteiger partial charge in [-0.2, -0.15) is 0 Å². The van der Waals surface area contributed by atoms with Crippen LogP contribution in [0.15, 0.2) is 58.4 Å². The van der Waals surface area contributed by atoms with Crippen molar-refractivity contribution in [2.75, 3.05) is 32.5 Å². The molecule has 0 saturated carbocycles. The number of hydrogen-bond donors (Lipinski definition) is 1. The molecule has 1 fully saturated rings. The molecule has 2 unspecified atom stereocenters. The number of rotatable bonds is 11. The maximum atomic E-state index is 12.0. The van der Waals surface area contributed by atoms with E-state index < -0.39 is 5.97 Å². The van der Waals surface area contributed by atoms with Gasteiger partial charge in [-0.15, -0.1) is 0 Å². The van der Waals surface area contributed by atoms with Crippen molar-refractivity contribution in [3.63, 3.8) is 0 Å². The Morgan fingerprint density at radius 2 is 2.21 bits per heavy atom. The number of ether oxygens (including phenoxy) is 1. The third kappa shape index (κ3) is 6.30. The Balaban J connectivity index is 1.27. The SMILES string of the molecule is COc1ccc2nccc(CCCC3CCN(CCCSc4ccco4)CC3C(=O)O)c2c1. The van der Waals surface area contributed by atoms with E-state index >= 15 is 0 Å². The summed E-state index contributed by atoms with van der Waals surface area (Å²) >= 11 is 1.71. The summed E-state index contributed by atoms with van der Waals surface area (Å²) in [6.07, 6.45) is 8.36. The highest BCUT2D eigenvalue weighted by molar-refractivity contribution is 7.99. The van der Waals surface area contributed by atoms with E-state index in [-0.39, 0.29) is 11.8 Å². The number of aliphatic carboxylic acids is 1. The molecular weight excluding hydrogens is 436 g/mol. The van der Waals surface area contributed by atoms with Crippen LogP contribution in [0.3, 0.4) is 0 Å². The number of piperidine rings is 1. The number of carbonyl (C=O) groups is 1. The van der Waals surface area contributed by atoms with Crippen LogP contribution in [-0.4, -0.2) is 53.5 Å². The Morgan fingerprint density at radius 1 is 1.30 bits per heavy atom. The number of aryl methyl sites for hydroxylation is 1. The summed E-state index contributed by atoms with van der Waals surface area (Å²) in [5.74, 6) is 1.10. The second-order valence-electron chi connectivity index (χ2n) is 8.67. The number of likely N-dealkylation sites (tertiary alicyclic amines) is 1. The number of hydrogen-bond acceptors (Lipinski definition) is 6. The van der Waals surface area contributed by atoms with Crippen molar-refractivity contribution in [2.24, 2.45) is 11.8 Å². The number of nitrogens with zero attached hydrogens (tertiary/aromatic N) is 2. The maximum absolute atomic E-state index is 12.0. The molecule has 2 aromatic heterocycles. The summed E-state index contributed by atoms with van der Waals surface area (Å²) in [5.41, 5.74) is 2.22. The molecule has 1 aliphatic heterocycles. The van der Waals surface area contributed by atoms with Gasteiger partial charge >= 0.3 is 5.97 Å². The molecule has 0 amide bonds. The van der Waals surface area contributed by atoms with Crippen LogP contribution in [0.5, 0.6) is 5.75 Å². The standard InChI is InChI=1S/C26H32N2O4S/c1-31-21-8-9-24-22(17-21)19(10-12-27-24)5-2-6-20-11-14-28(18-23(20)26(29)30)13-4-16-33-25-7-3-15-32-25/h3,7-10,12,15,17,20,23H,2,4-6,11,13-14,16,18H2,1H3,(H,29,30). The van der Waals surface area contributed by atoms with Gasteiger partial charge in [0, 0.05) is 23.9 Å². The average molecular weight is 469 g/mol. The summed E-state index contributed by atoms with van der Waals surface area (Å²) in [7, 11) is 1.67. The lowest BCUT2D eigenvalue weighted by Gasteiger charge is -2.36. The number of aromatic nitrogens is 1. The van der Waals surface area contributed by atoms with E-state index in [0.29, 0.717) is 6.54 Å². The first-order valence-corrected chi connectivity index (χ1v) is 12.7. The van der Waals surface area contributed by atoms with Gasteiger partial charge in [-0.05, 0) is 93.1 Å². The van der Waals surface area contributed by atoms with Crippen molar-refractivity contribution < 1.29 is 19.1 Å². The van der Waals surface area contributed by atoms with E-state index in [2.05, 4.69) is 16.0 Å². The van der Waals surface area contributed by atoms with Crippen molar-refractivity contribution in [2.45, 2.75) is 37.2 Å². The van der Waals surface area contributed by atoms with E-state index in [4.69, 9.17) is 9.15 Å². The number of carboxylic acids is 1. The Hall–Kier alpha value is -2.51. The van der Waals surface area contributed by atoms with E-state index in [1.807, 2.05) is 36.5 Å². The van der Waals surface area contributed by atoms with Crippen molar-refractivity contribution in [1.29, 1.82) is 0 Å². The summed E-state index contributed by atoms with van der Waals surface area (Å²) in [5, 5.41) is 11.9. The molecule has 176 valence electrons. The quantitative estimate of drug-likeness (QED) is 0.300. The first kappa shape index (κ1) is 23.6. The van der Waals surface area contributed by atoms with Crippen LogP contribution in [0.2, 0.25) is 0 Å². The van der Waals surface area contributed by atoms with Crippen molar-refractivity contribution in [1.82, 2.24) is 9.88 Å². The molecule has 1 aromatic carbocycles. The molecule has 1 N–H and O–H groups in total. The molecule has 3 heterocycles. The Bertz CT molecular complexity index is 1040. The molecule has 0 aliphatic carbocycles. The number of fused-ring (bicyclic) bond motifs is 1. The van der Waals surface area contributed by atoms with Crippen molar-refractivity contribution in [3.8, 4) is 5.75 Å². The van der Waals surface area contributed by atoms with Gasteiger partial charge in [0.15, 0.2) is 5.09 Å². The molecule has 0 radical (unpaired) electrons. The Kier molecular flexibility index (Phi) is 8.29. The van der Waals surface area contributed by atoms with E-state index in [1.165, 1.54) is 5.56 Å². The Morgan fingerprint density at radius 3 is 3.00 bits per heavy atom. The number of carboxylic acid groups (broad SMARTS) is 1. The fourth-order valence-corrected chi connectivity index (χ4v) is 5.56. The smallest absolute Gasteiger partial charge is 0.308 e. The zero-order chi connectivity index (χ0) is 23.0. The first-order chi connectivity index (χ1) is 16.1. The lowest BCUT2D eigenvalue weighted by Crippen LogP contribution is -2.44. The normalized spacial score (nSPS) is 19.1. The van der Waals surface area contributed by atoms with Gasteiger partial charge in [-0.1, -0.05) is 11.8 Å². The monoisotopic (exact) mass is 468 g/mol. The predicted molar refractivity (Wildman–Crippen MR) is 131 cm³/mol. The molecule has 6 nitrogen and oxygen atoms in total. The maximum Gasteiger partial charge on any atom is 0.308 e. The predicted octanol–water partition coefficient (Wildman–Crippen LogP) is 5.36. The minimum Gasteiger partial charge on any atom is -0.497 e. The van der Waals surface area contributed by atoms with E-state index in [9.17, 15) is 9.90 Å². The number of pyridine rings is 1. The second-order valence-corrected chi connectivity index (χ2v) is 9.77. The van der Waals surface area contributed by atoms with Gasteiger partial charge in [-0.25, -0.2) is 0 Å². The van der Waals surface area contributed by atoms with Crippen LogP contribution in [0.4, 0.5) is 0 Å². The minimum absolute atomic E-state index is 0.235. The summed E-state index contributed by atoms with van der Waals surface area (Å²) < 4.78 is 10.7. The van der Waals surface area contributed by atoms with Gasteiger partial charge < -0.3 is 19.2 Å². The van der Waals surface area contributed by atoms with Crippen molar-refractivity contribution >= 4 is 28.6 Å². The van der Waals surface area contributed by atoms with Gasteiger partial charge in [0.2, 0.25) is 0 Å². The highest BCUT2D eigenvalue weighted by Crippen LogP contribution is 2.30. The third-order valence-corrected chi connectivity index (χ3v) is 7.58. The number of furan rings is 1. The number of methoxy groups -OCH3 is 1. The van der Waals surface area contributed by atoms with Crippen LogP contribution in [0.1, 0.15) is 31.2 Å². The fraction of sp³-hybridized carbons (Fsp3) is 0.462. The highest BCUT2D eigenvalue weighted by atomic mass is 32.2. The van der Waals surface area contributed by atoms with Gasteiger partial charge in [0.25, 0.3) is 0 Å². The molecular formula is C26H32N2O4S. The molecule has 7 heteroatoms. The number of thioether (sulfide) groups is 1. The van der Waals surface area contributed by atoms with Gasteiger partial charge in [0.05, 0.1) is 24.8 Å². The molecule has 3 aromatic rings. The van der Waals surface area contributed by atoms with Crippen LogP contribution < -0.4 is 4.74 Å². The summed E-state index contributed by atoms with van der Waals surface area (Å²) in [6, 6.07) is 11.9. The summed E-state index contributed by atoms with van der Waals surface area (Å²) in [4.78, 5) is 18.8. The Labute approximate surface area is 199 Å². The second kappa shape index (κ2) is 11.6. The molecule has 2 atom stereocenters. The summed E-state index contributed by atoms with van der Waals surface area (Å²) in [6.45, 7) is 2.57. The highest BCUT2D eigenvalue weighted by Gasteiger charge is 2.33. The largest absolute Gasteiger partial charge is 0.497 e. The molecule has 0 bridgehead atoms. The first-order valence-electron chi connectivity index (χ1n) is 11.7. The third-order valence-electron chi connectivity index (χ3n) is 6.58. The topological polar surface area (TPSA) is 75.8 Å². The zero-order valence-electron chi connectivity index (χ0n) is 19.1. The minimum atomic E-state index is -0.659. The molecule has 1 aliphatic rings. The van der Waals surface area contributed by atoms with E-state index in [1.54, 1.807) is 25.1 Å². The van der Waals surface area contributed by atoms with Gasteiger partial charge in [0.1, 0.15) is 5.75 Å². The number of benzene rings is 1.